The molecule has 0 fully saturated rings. The first-order valence-electron chi connectivity index (χ1n) is 5.46. The number of carbonyl (C=O) groups is 1. The van der Waals surface area contributed by atoms with E-state index in [4.69, 9.17) is 17.3 Å². The van der Waals surface area contributed by atoms with E-state index < -0.39 is 23.0 Å². The molecular weight excluding hydrogens is 272 g/mol. The van der Waals surface area contributed by atoms with E-state index >= 15 is 0 Å². The molecule has 0 atom stereocenters. The van der Waals surface area contributed by atoms with Gasteiger partial charge in [0.2, 0.25) is 0 Å². The standard InChI is InChI=1S/C14H10ClF2NO/c1-7-2-5-11(16)12(13(7)17)14(19)9-4-3-8(18)6-10(9)15/h2-6H,18H2,1H3. The second-order valence-corrected chi connectivity index (χ2v) is 4.53. The summed E-state index contributed by atoms with van der Waals surface area (Å²) in [5.74, 6) is -2.59. The van der Waals surface area contributed by atoms with E-state index in [-0.39, 0.29) is 16.1 Å². The number of hydrogen-bond donors (Lipinski definition) is 1. The van der Waals surface area contributed by atoms with Crippen LogP contribution in [0.1, 0.15) is 21.5 Å². The summed E-state index contributed by atoms with van der Waals surface area (Å²) in [4.78, 5) is 12.2. The molecule has 0 unspecified atom stereocenters. The third-order valence-corrected chi connectivity index (χ3v) is 3.06. The van der Waals surface area contributed by atoms with Crippen LogP contribution in [0, 0.1) is 18.6 Å². The van der Waals surface area contributed by atoms with Gasteiger partial charge in [-0.3, -0.25) is 4.79 Å². The lowest BCUT2D eigenvalue weighted by atomic mass is 10.00. The third kappa shape index (κ3) is 2.44. The summed E-state index contributed by atoms with van der Waals surface area (Å²) in [6, 6.07) is 6.48. The van der Waals surface area contributed by atoms with Crippen LogP contribution in [-0.2, 0) is 0 Å². The number of nitrogen functional groups attached to an aromatic ring is 1. The lowest BCUT2D eigenvalue weighted by Gasteiger charge is -2.08. The number of ketones is 1. The molecule has 0 saturated heterocycles. The summed E-state index contributed by atoms with van der Waals surface area (Å²) < 4.78 is 27.5. The topological polar surface area (TPSA) is 43.1 Å². The monoisotopic (exact) mass is 281 g/mol. The molecule has 0 bridgehead atoms. The van der Waals surface area contributed by atoms with Gasteiger partial charge in [0.1, 0.15) is 11.6 Å². The van der Waals surface area contributed by atoms with Crippen molar-refractivity contribution in [2.24, 2.45) is 0 Å². The molecule has 98 valence electrons. The molecule has 0 saturated carbocycles. The predicted octanol–water partition coefficient (Wildman–Crippen LogP) is 3.74. The van der Waals surface area contributed by atoms with Crippen molar-refractivity contribution in [1.29, 1.82) is 0 Å². The minimum atomic E-state index is -0.916. The van der Waals surface area contributed by atoms with Gasteiger partial charge < -0.3 is 5.73 Å². The van der Waals surface area contributed by atoms with Gasteiger partial charge in [-0.25, -0.2) is 8.78 Å². The zero-order valence-electron chi connectivity index (χ0n) is 10.0. The maximum absolute atomic E-state index is 13.9. The molecule has 5 heteroatoms. The van der Waals surface area contributed by atoms with Crippen molar-refractivity contribution in [3.8, 4) is 0 Å². The number of carbonyl (C=O) groups excluding carboxylic acids is 1. The van der Waals surface area contributed by atoms with Crippen LogP contribution >= 0.6 is 11.6 Å². The smallest absolute Gasteiger partial charge is 0.200 e. The first-order chi connectivity index (χ1) is 8.91. The largest absolute Gasteiger partial charge is 0.399 e. The van der Waals surface area contributed by atoms with E-state index in [1.165, 1.54) is 31.2 Å². The Labute approximate surface area is 113 Å². The maximum Gasteiger partial charge on any atom is 0.200 e. The molecule has 0 radical (unpaired) electrons. The number of aryl methyl sites for hydroxylation is 1. The quantitative estimate of drug-likeness (QED) is 0.673. The third-order valence-electron chi connectivity index (χ3n) is 2.75. The van der Waals surface area contributed by atoms with Crippen molar-refractivity contribution < 1.29 is 13.6 Å². The van der Waals surface area contributed by atoms with Gasteiger partial charge in [0, 0.05) is 11.3 Å². The Balaban J connectivity index is 2.59. The molecule has 0 aromatic heterocycles. The number of hydrogen-bond acceptors (Lipinski definition) is 2. The van der Waals surface area contributed by atoms with Crippen LogP contribution in [0.2, 0.25) is 5.02 Å². The Morgan fingerprint density at radius 3 is 2.53 bits per heavy atom. The Hall–Kier alpha value is -1.94. The number of anilines is 1. The van der Waals surface area contributed by atoms with Gasteiger partial charge in [-0.2, -0.15) is 0 Å². The van der Waals surface area contributed by atoms with Crippen molar-refractivity contribution in [3.63, 3.8) is 0 Å². The summed E-state index contributed by atoms with van der Waals surface area (Å²) in [7, 11) is 0. The molecule has 0 heterocycles. The fraction of sp³-hybridized carbons (Fsp3) is 0.0714. The van der Waals surface area contributed by atoms with Crippen LogP contribution in [0.15, 0.2) is 30.3 Å². The van der Waals surface area contributed by atoms with Crippen molar-refractivity contribution in [2.45, 2.75) is 6.92 Å². The molecule has 0 aliphatic carbocycles. The summed E-state index contributed by atoms with van der Waals surface area (Å²) in [6.45, 7) is 1.45. The van der Waals surface area contributed by atoms with Gasteiger partial charge in [0.15, 0.2) is 5.78 Å². The minimum Gasteiger partial charge on any atom is -0.399 e. The molecule has 0 aliphatic heterocycles. The van der Waals surface area contributed by atoms with Gasteiger partial charge in [-0.1, -0.05) is 17.7 Å². The summed E-state index contributed by atoms with van der Waals surface area (Å²) in [5.41, 5.74) is 5.47. The molecule has 2 N–H and O–H groups in total. The molecule has 2 rings (SSSR count). The minimum absolute atomic E-state index is 0.0132. The highest BCUT2D eigenvalue weighted by molar-refractivity contribution is 6.35. The molecule has 2 aromatic rings. The van der Waals surface area contributed by atoms with Crippen molar-refractivity contribution >= 4 is 23.1 Å². The molecule has 2 aromatic carbocycles. The van der Waals surface area contributed by atoms with Crippen LogP contribution in [0.5, 0.6) is 0 Å². The van der Waals surface area contributed by atoms with E-state index in [9.17, 15) is 13.6 Å². The summed E-state index contributed by atoms with van der Waals surface area (Å²) in [6.07, 6.45) is 0. The molecule has 2 nitrogen and oxygen atoms in total. The van der Waals surface area contributed by atoms with Gasteiger partial charge in [-0.05, 0) is 36.8 Å². The Kier molecular flexibility index (Phi) is 3.53. The molecular formula is C14H10ClF2NO. The average molecular weight is 282 g/mol. The van der Waals surface area contributed by atoms with Gasteiger partial charge in [-0.15, -0.1) is 0 Å². The van der Waals surface area contributed by atoms with Crippen LogP contribution in [0.3, 0.4) is 0 Å². The van der Waals surface area contributed by atoms with E-state index in [1.807, 2.05) is 0 Å². The summed E-state index contributed by atoms with van der Waals surface area (Å²) >= 11 is 5.87. The highest BCUT2D eigenvalue weighted by Gasteiger charge is 2.22. The number of nitrogens with two attached hydrogens (primary N) is 1. The zero-order valence-corrected chi connectivity index (χ0v) is 10.8. The van der Waals surface area contributed by atoms with E-state index in [0.29, 0.717) is 5.69 Å². The number of halogens is 3. The summed E-state index contributed by atoms with van der Waals surface area (Å²) in [5, 5.41) is 0.0605. The lowest BCUT2D eigenvalue weighted by molar-refractivity contribution is 0.103. The number of rotatable bonds is 2. The van der Waals surface area contributed by atoms with Gasteiger partial charge in [0.25, 0.3) is 0 Å². The van der Waals surface area contributed by atoms with Crippen LogP contribution < -0.4 is 5.73 Å². The molecule has 0 amide bonds. The highest BCUT2D eigenvalue weighted by Crippen LogP contribution is 2.25. The normalized spacial score (nSPS) is 10.5. The SMILES string of the molecule is Cc1ccc(F)c(C(=O)c2ccc(N)cc2Cl)c1F. The van der Waals surface area contributed by atoms with E-state index in [0.717, 1.165) is 6.07 Å². The van der Waals surface area contributed by atoms with Crippen molar-refractivity contribution in [1.82, 2.24) is 0 Å². The molecule has 0 spiro atoms. The zero-order chi connectivity index (χ0) is 14.2. The van der Waals surface area contributed by atoms with Gasteiger partial charge in [0.05, 0.1) is 10.6 Å². The average Bonchev–Trinajstić information content (AvgIpc) is 2.34. The fourth-order valence-electron chi connectivity index (χ4n) is 1.71. The molecule has 19 heavy (non-hydrogen) atoms. The van der Waals surface area contributed by atoms with Crippen molar-refractivity contribution in [2.75, 3.05) is 5.73 Å². The van der Waals surface area contributed by atoms with Crippen LogP contribution in [-0.4, -0.2) is 5.78 Å². The second-order valence-electron chi connectivity index (χ2n) is 4.12. The first kappa shape index (κ1) is 13.5. The van der Waals surface area contributed by atoms with Crippen molar-refractivity contribution in [3.05, 3.63) is 63.7 Å². The van der Waals surface area contributed by atoms with Gasteiger partial charge >= 0.3 is 0 Å². The Morgan fingerprint density at radius 2 is 1.89 bits per heavy atom. The van der Waals surface area contributed by atoms with Crippen LogP contribution in [0.4, 0.5) is 14.5 Å². The van der Waals surface area contributed by atoms with E-state index in [1.54, 1.807) is 0 Å². The number of benzene rings is 2. The van der Waals surface area contributed by atoms with Crippen LogP contribution in [0.25, 0.3) is 0 Å². The maximum atomic E-state index is 13.9. The highest BCUT2D eigenvalue weighted by atomic mass is 35.5. The molecule has 0 aliphatic rings. The lowest BCUT2D eigenvalue weighted by Crippen LogP contribution is -2.09. The Bertz CT molecular complexity index is 671. The fourth-order valence-corrected chi connectivity index (χ4v) is 1.99. The first-order valence-corrected chi connectivity index (χ1v) is 5.84. The van der Waals surface area contributed by atoms with E-state index in [2.05, 4.69) is 0 Å². The predicted molar refractivity (Wildman–Crippen MR) is 70.4 cm³/mol. The Morgan fingerprint density at radius 1 is 1.21 bits per heavy atom. The second kappa shape index (κ2) is 4.97.